The minimum atomic E-state index is -0.0477. The second kappa shape index (κ2) is 5.63. The van der Waals surface area contributed by atoms with E-state index in [9.17, 15) is 4.79 Å². The number of hydrogen-bond donors (Lipinski definition) is 0. The average Bonchev–Trinajstić information content (AvgIpc) is 2.63. The summed E-state index contributed by atoms with van der Waals surface area (Å²) in [6.45, 7) is 4.48. The lowest BCUT2D eigenvalue weighted by atomic mass is 10.1. The molecule has 20 heavy (non-hydrogen) atoms. The molecule has 1 aliphatic rings. The first-order valence-corrected chi connectivity index (χ1v) is 6.86. The highest BCUT2D eigenvalue weighted by molar-refractivity contribution is 7.80. The highest BCUT2D eigenvalue weighted by atomic mass is 32.1. The van der Waals surface area contributed by atoms with Crippen LogP contribution < -0.4 is 4.74 Å². The number of benzene rings is 1. The second-order valence-corrected chi connectivity index (χ2v) is 5.01. The fourth-order valence-corrected chi connectivity index (χ4v) is 2.55. The van der Waals surface area contributed by atoms with Crippen LogP contribution in [0.25, 0.3) is 6.08 Å². The van der Waals surface area contributed by atoms with Gasteiger partial charge in [-0.3, -0.25) is 9.69 Å². The summed E-state index contributed by atoms with van der Waals surface area (Å²) in [6, 6.07) is 5.82. The van der Waals surface area contributed by atoms with Crippen LogP contribution in [-0.4, -0.2) is 41.5 Å². The van der Waals surface area contributed by atoms with Gasteiger partial charge in [0, 0.05) is 13.6 Å². The van der Waals surface area contributed by atoms with Gasteiger partial charge < -0.3 is 9.64 Å². The maximum Gasteiger partial charge on any atom is 0.276 e. The van der Waals surface area contributed by atoms with Crippen LogP contribution in [0.1, 0.15) is 18.1 Å². The first kappa shape index (κ1) is 14.5. The van der Waals surface area contributed by atoms with E-state index in [0.717, 1.165) is 16.9 Å². The molecule has 106 valence electrons. The molecule has 4 nitrogen and oxygen atoms in total. The number of likely N-dealkylation sites (N-methyl/N-ethyl adjacent to an activating group) is 2. The molecule has 1 aromatic carbocycles. The summed E-state index contributed by atoms with van der Waals surface area (Å²) in [5.74, 6) is 0.789. The zero-order valence-electron chi connectivity index (χ0n) is 12.1. The molecule has 0 radical (unpaired) electrons. The van der Waals surface area contributed by atoms with Crippen LogP contribution in [0.2, 0.25) is 0 Å². The van der Waals surface area contributed by atoms with Crippen LogP contribution in [0.3, 0.4) is 0 Å². The summed E-state index contributed by atoms with van der Waals surface area (Å²) >= 11 is 5.27. The lowest BCUT2D eigenvalue weighted by molar-refractivity contribution is -0.122. The van der Waals surface area contributed by atoms with Crippen LogP contribution in [-0.2, 0) is 4.79 Å². The minimum absolute atomic E-state index is 0.0477. The summed E-state index contributed by atoms with van der Waals surface area (Å²) in [5.41, 5.74) is 2.59. The van der Waals surface area contributed by atoms with E-state index >= 15 is 0 Å². The number of carbonyl (C=O) groups excluding carboxylic acids is 1. The Morgan fingerprint density at radius 2 is 2.10 bits per heavy atom. The Labute approximate surface area is 124 Å². The zero-order valence-corrected chi connectivity index (χ0v) is 13.0. The molecule has 0 saturated carbocycles. The van der Waals surface area contributed by atoms with Crippen LogP contribution in [0.5, 0.6) is 5.75 Å². The summed E-state index contributed by atoms with van der Waals surface area (Å²) in [4.78, 5) is 15.6. The van der Waals surface area contributed by atoms with E-state index in [1.165, 1.54) is 0 Å². The number of amides is 1. The molecule has 1 aromatic rings. The molecule has 1 fully saturated rings. The lowest BCUT2D eigenvalue weighted by Crippen LogP contribution is -2.30. The van der Waals surface area contributed by atoms with Gasteiger partial charge in [0.05, 0.1) is 7.11 Å². The third-order valence-electron chi connectivity index (χ3n) is 3.38. The number of nitrogens with zero attached hydrogens (tertiary/aromatic N) is 2. The van der Waals surface area contributed by atoms with Crippen molar-refractivity contribution in [3.8, 4) is 5.75 Å². The number of methoxy groups -OCH3 is 1. The van der Waals surface area contributed by atoms with Gasteiger partial charge in [-0.2, -0.15) is 0 Å². The summed E-state index contributed by atoms with van der Waals surface area (Å²) < 4.78 is 5.24. The molecule has 1 amide bonds. The number of hydrogen-bond acceptors (Lipinski definition) is 3. The van der Waals surface area contributed by atoms with Crippen LogP contribution in [0.4, 0.5) is 0 Å². The maximum atomic E-state index is 12.3. The number of rotatable bonds is 3. The first-order valence-electron chi connectivity index (χ1n) is 6.45. The van der Waals surface area contributed by atoms with E-state index in [4.69, 9.17) is 17.0 Å². The van der Waals surface area contributed by atoms with Crippen molar-refractivity contribution < 1.29 is 9.53 Å². The number of aryl methyl sites for hydroxylation is 1. The fraction of sp³-hybridized carbons (Fsp3) is 0.333. The van der Waals surface area contributed by atoms with Crippen LogP contribution in [0.15, 0.2) is 23.9 Å². The summed E-state index contributed by atoms with van der Waals surface area (Å²) in [5, 5.41) is 0.550. The highest BCUT2D eigenvalue weighted by Crippen LogP contribution is 2.24. The monoisotopic (exact) mass is 290 g/mol. The van der Waals surface area contributed by atoms with Crippen molar-refractivity contribution in [3.05, 3.63) is 35.0 Å². The van der Waals surface area contributed by atoms with Crippen LogP contribution in [0, 0.1) is 6.92 Å². The van der Waals surface area contributed by atoms with E-state index in [1.54, 1.807) is 16.9 Å². The van der Waals surface area contributed by atoms with Crippen molar-refractivity contribution in [1.82, 2.24) is 9.80 Å². The number of thiocarbonyl (C=S) groups is 1. The van der Waals surface area contributed by atoms with Gasteiger partial charge in [0.1, 0.15) is 11.4 Å². The van der Waals surface area contributed by atoms with Crippen molar-refractivity contribution >= 4 is 29.3 Å². The molecule has 0 unspecified atom stereocenters. The van der Waals surface area contributed by atoms with Crippen molar-refractivity contribution in [2.45, 2.75) is 13.8 Å². The zero-order chi connectivity index (χ0) is 14.9. The SMILES string of the molecule is CCN1C(=O)/C(=C/c2ccc(OC)c(C)c2)N(C)C1=S. The van der Waals surface area contributed by atoms with E-state index in [-0.39, 0.29) is 5.91 Å². The molecular weight excluding hydrogens is 272 g/mol. The molecule has 1 heterocycles. The Morgan fingerprint density at radius 1 is 1.40 bits per heavy atom. The molecule has 0 aliphatic carbocycles. The van der Waals surface area contributed by atoms with Crippen molar-refractivity contribution in [3.63, 3.8) is 0 Å². The molecule has 2 rings (SSSR count). The molecular formula is C15H18N2O2S. The van der Waals surface area contributed by atoms with Gasteiger partial charge in [-0.05, 0) is 55.4 Å². The highest BCUT2D eigenvalue weighted by Gasteiger charge is 2.34. The molecule has 0 bridgehead atoms. The summed E-state index contributed by atoms with van der Waals surface area (Å²) in [6.07, 6.45) is 1.86. The second-order valence-electron chi connectivity index (χ2n) is 4.65. The van der Waals surface area contributed by atoms with Gasteiger partial charge in [-0.1, -0.05) is 6.07 Å². The third-order valence-corrected chi connectivity index (χ3v) is 3.88. The average molecular weight is 290 g/mol. The molecule has 0 aromatic heterocycles. The number of carbonyl (C=O) groups is 1. The van der Waals surface area contributed by atoms with Gasteiger partial charge in [-0.15, -0.1) is 0 Å². The Kier molecular flexibility index (Phi) is 4.09. The van der Waals surface area contributed by atoms with Crippen molar-refractivity contribution in [2.75, 3.05) is 20.7 Å². The standard InChI is InChI=1S/C15H18N2O2S/c1-5-17-14(18)12(16(3)15(17)20)9-11-6-7-13(19-4)10(2)8-11/h6-9H,5H2,1-4H3/b12-9-. The Morgan fingerprint density at radius 3 is 2.60 bits per heavy atom. The lowest BCUT2D eigenvalue weighted by Gasteiger charge is -2.13. The van der Waals surface area contributed by atoms with E-state index in [0.29, 0.717) is 17.4 Å². The number of ether oxygens (including phenoxy) is 1. The molecule has 1 saturated heterocycles. The molecule has 0 atom stereocenters. The molecule has 1 aliphatic heterocycles. The van der Waals surface area contributed by atoms with Crippen LogP contribution >= 0.6 is 12.2 Å². The van der Waals surface area contributed by atoms with Gasteiger partial charge in [0.15, 0.2) is 5.11 Å². The summed E-state index contributed by atoms with van der Waals surface area (Å²) in [7, 11) is 3.46. The Balaban J connectivity index is 2.38. The predicted molar refractivity (Wildman–Crippen MR) is 83.5 cm³/mol. The minimum Gasteiger partial charge on any atom is -0.496 e. The quantitative estimate of drug-likeness (QED) is 0.632. The molecule has 0 spiro atoms. The first-order chi connectivity index (χ1) is 9.49. The topological polar surface area (TPSA) is 32.8 Å². The predicted octanol–water partition coefficient (Wildman–Crippen LogP) is 2.42. The van der Waals surface area contributed by atoms with Crippen molar-refractivity contribution in [2.24, 2.45) is 0 Å². The third kappa shape index (κ3) is 2.41. The van der Waals surface area contributed by atoms with Gasteiger partial charge in [0.2, 0.25) is 0 Å². The Bertz CT molecular complexity index is 596. The Hall–Kier alpha value is -1.88. The van der Waals surface area contributed by atoms with E-state index in [2.05, 4.69) is 0 Å². The van der Waals surface area contributed by atoms with Gasteiger partial charge >= 0.3 is 0 Å². The fourth-order valence-electron chi connectivity index (χ4n) is 2.24. The van der Waals surface area contributed by atoms with Gasteiger partial charge in [-0.25, -0.2) is 0 Å². The van der Waals surface area contributed by atoms with Crippen molar-refractivity contribution in [1.29, 1.82) is 0 Å². The maximum absolute atomic E-state index is 12.3. The molecule has 5 heteroatoms. The van der Waals surface area contributed by atoms with E-state index in [1.807, 2.05) is 45.2 Å². The van der Waals surface area contributed by atoms with Gasteiger partial charge in [0.25, 0.3) is 5.91 Å². The normalized spacial score (nSPS) is 17.3. The smallest absolute Gasteiger partial charge is 0.276 e. The van der Waals surface area contributed by atoms with E-state index < -0.39 is 0 Å². The largest absolute Gasteiger partial charge is 0.496 e. The molecule has 0 N–H and O–H groups in total.